The molecule has 0 bridgehead atoms. The van der Waals surface area contributed by atoms with Crippen molar-refractivity contribution in [3.05, 3.63) is 0 Å². The second-order valence-corrected chi connectivity index (χ2v) is 4.37. The van der Waals surface area contributed by atoms with E-state index in [1.165, 1.54) is 32.1 Å². The molecule has 0 aromatic heterocycles. The van der Waals surface area contributed by atoms with E-state index in [1.54, 1.807) is 0 Å². The Kier molecular flexibility index (Phi) is 1.54. The Morgan fingerprint density at radius 1 is 1.09 bits per heavy atom. The zero-order valence-corrected chi connectivity index (χ0v) is 7.40. The quantitative estimate of drug-likeness (QED) is 0.615. The summed E-state index contributed by atoms with van der Waals surface area (Å²) in [7, 11) is 0. The van der Waals surface area contributed by atoms with E-state index in [0.29, 0.717) is 5.41 Å². The number of fused-ring (bicyclic) bond motifs is 1. The molecule has 2 saturated carbocycles. The molecular weight excluding hydrogens is 136 g/mol. The van der Waals surface area contributed by atoms with Gasteiger partial charge >= 0.3 is 0 Å². The highest BCUT2D eigenvalue weighted by Crippen LogP contribution is 2.58. The fourth-order valence-corrected chi connectivity index (χ4v) is 3.37. The maximum absolute atomic E-state index is 10.3. The lowest BCUT2D eigenvalue weighted by molar-refractivity contribution is -0.0385. The second kappa shape index (κ2) is 2.22. The first-order chi connectivity index (χ1) is 5.22. The van der Waals surface area contributed by atoms with E-state index < -0.39 is 0 Å². The lowest BCUT2D eigenvalue weighted by Gasteiger charge is -2.35. The van der Waals surface area contributed by atoms with Gasteiger partial charge in [-0.25, -0.2) is 0 Å². The molecule has 2 aliphatic carbocycles. The lowest BCUT2D eigenvalue weighted by Crippen LogP contribution is -2.38. The van der Waals surface area contributed by atoms with Gasteiger partial charge in [-0.3, -0.25) is 0 Å². The van der Waals surface area contributed by atoms with Crippen LogP contribution in [-0.4, -0.2) is 10.7 Å². The number of rotatable bonds is 1. The van der Waals surface area contributed by atoms with Crippen LogP contribution in [-0.2, 0) is 0 Å². The molecule has 1 N–H and O–H groups in total. The fraction of sp³-hybridized carbons (Fsp3) is 1.00. The van der Waals surface area contributed by atoms with Crippen molar-refractivity contribution in [2.75, 3.05) is 0 Å². The van der Waals surface area contributed by atoms with Crippen LogP contribution in [0.4, 0.5) is 0 Å². The van der Waals surface area contributed by atoms with E-state index in [1.807, 2.05) is 0 Å². The van der Waals surface area contributed by atoms with Gasteiger partial charge in [0.25, 0.3) is 0 Å². The van der Waals surface area contributed by atoms with Gasteiger partial charge in [0.2, 0.25) is 0 Å². The van der Waals surface area contributed by atoms with Crippen molar-refractivity contribution in [3.8, 4) is 0 Å². The average molecular weight is 154 g/mol. The highest BCUT2D eigenvalue weighted by Gasteiger charge is 2.55. The second-order valence-electron chi connectivity index (χ2n) is 4.37. The lowest BCUT2D eigenvalue weighted by atomic mass is 9.75. The third kappa shape index (κ3) is 0.807. The van der Waals surface area contributed by atoms with Crippen LogP contribution in [0.3, 0.4) is 0 Å². The predicted molar refractivity (Wildman–Crippen MR) is 45.4 cm³/mol. The minimum absolute atomic E-state index is 0.248. The summed E-state index contributed by atoms with van der Waals surface area (Å²) in [5.41, 5.74) is 0.0920. The zero-order valence-electron chi connectivity index (χ0n) is 7.40. The summed E-state index contributed by atoms with van der Waals surface area (Å²) in [5.74, 6) is 0. The van der Waals surface area contributed by atoms with Gasteiger partial charge in [0, 0.05) is 0 Å². The maximum Gasteiger partial charge on any atom is 0.0703 e. The summed E-state index contributed by atoms with van der Waals surface area (Å²) >= 11 is 0. The van der Waals surface area contributed by atoms with Gasteiger partial charge < -0.3 is 5.11 Å². The van der Waals surface area contributed by atoms with Gasteiger partial charge in [0.05, 0.1) is 5.60 Å². The SMILES string of the molecule is CCC12CCCC1(O)CCC2. The normalized spacial score (nSPS) is 49.6. The molecule has 1 heteroatoms. The first kappa shape index (κ1) is 7.60. The molecule has 0 radical (unpaired) electrons. The highest BCUT2D eigenvalue weighted by molar-refractivity contribution is 5.06. The molecule has 0 heterocycles. The molecule has 0 aromatic carbocycles. The Morgan fingerprint density at radius 2 is 1.64 bits per heavy atom. The van der Waals surface area contributed by atoms with Gasteiger partial charge in [0.1, 0.15) is 0 Å². The smallest absolute Gasteiger partial charge is 0.0703 e. The van der Waals surface area contributed by atoms with Crippen molar-refractivity contribution in [2.45, 2.75) is 57.5 Å². The van der Waals surface area contributed by atoms with E-state index in [2.05, 4.69) is 6.92 Å². The molecule has 0 atom stereocenters. The van der Waals surface area contributed by atoms with E-state index in [4.69, 9.17) is 0 Å². The third-order valence-corrected chi connectivity index (χ3v) is 4.16. The summed E-state index contributed by atoms with van der Waals surface area (Å²) < 4.78 is 0. The predicted octanol–water partition coefficient (Wildman–Crippen LogP) is 2.48. The van der Waals surface area contributed by atoms with Crippen LogP contribution in [0.2, 0.25) is 0 Å². The summed E-state index contributed by atoms with van der Waals surface area (Å²) in [5, 5.41) is 10.3. The van der Waals surface area contributed by atoms with Crippen molar-refractivity contribution < 1.29 is 5.11 Å². The summed E-state index contributed by atoms with van der Waals surface area (Å²) in [6, 6.07) is 0. The minimum atomic E-state index is -0.248. The topological polar surface area (TPSA) is 20.2 Å². The van der Waals surface area contributed by atoms with Crippen LogP contribution in [0.15, 0.2) is 0 Å². The van der Waals surface area contributed by atoms with Crippen LogP contribution in [0, 0.1) is 5.41 Å². The molecule has 1 nitrogen and oxygen atoms in total. The van der Waals surface area contributed by atoms with Crippen molar-refractivity contribution >= 4 is 0 Å². The van der Waals surface area contributed by atoms with E-state index >= 15 is 0 Å². The van der Waals surface area contributed by atoms with Gasteiger partial charge in [-0.2, -0.15) is 0 Å². The monoisotopic (exact) mass is 154 g/mol. The third-order valence-electron chi connectivity index (χ3n) is 4.16. The van der Waals surface area contributed by atoms with E-state index in [9.17, 15) is 5.11 Å². The Morgan fingerprint density at radius 3 is 2.00 bits per heavy atom. The van der Waals surface area contributed by atoms with Crippen LogP contribution in [0.5, 0.6) is 0 Å². The number of aliphatic hydroxyl groups is 1. The minimum Gasteiger partial charge on any atom is -0.389 e. The molecule has 2 aliphatic rings. The average Bonchev–Trinajstić information content (AvgIpc) is 2.41. The molecule has 0 aromatic rings. The van der Waals surface area contributed by atoms with Gasteiger partial charge in [-0.15, -0.1) is 0 Å². The first-order valence-electron chi connectivity index (χ1n) is 4.95. The Hall–Kier alpha value is -0.0400. The van der Waals surface area contributed by atoms with Crippen LogP contribution in [0.1, 0.15) is 51.9 Å². The van der Waals surface area contributed by atoms with E-state index in [0.717, 1.165) is 12.8 Å². The summed E-state index contributed by atoms with van der Waals surface area (Å²) in [4.78, 5) is 0. The molecule has 0 spiro atoms. The number of hydrogen-bond donors (Lipinski definition) is 1. The summed E-state index contributed by atoms with van der Waals surface area (Å²) in [6.45, 7) is 2.24. The van der Waals surface area contributed by atoms with Crippen molar-refractivity contribution in [2.24, 2.45) is 5.41 Å². The zero-order chi connectivity index (χ0) is 7.95. The Labute approximate surface area is 68.8 Å². The van der Waals surface area contributed by atoms with Crippen molar-refractivity contribution in [3.63, 3.8) is 0 Å². The van der Waals surface area contributed by atoms with Gasteiger partial charge in [-0.05, 0) is 50.4 Å². The van der Waals surface area contributed by atoms with Crippen molar-refractivity contribution in [1.29, 1.82) is 0 Å². The molecule has 11 heavy (non-hydrogen) atoms. The summed E-state index contributed by atoms with van der Waals surface area (Å²) in [6.07, 6.45) is 8.39. The molecule has 0 amide bonds. The largest absolute Gasteiger partial charge is 0.389 e. The first-order valence-corrected chi connectivity index (χ1v) is 4.95. The van der Waals surface area contributed by atoms with Gasteiger partial charge in [0.15, 0.2) is 0 Å². The molecule has 64 valence electrons. The van der Waals surface area contributed by atoms with E-state index in [-0.39, 0.29) is 5.60 Å². The number of hydrogen-bond acceptors (Lipinski definition) is 1. The Balaban J connectivity index is 2.28. The van der Waals surface area contributed by atoms with Crippen LogP contribution >= 0.6 is 0 Å². The Bertz CT molecular complexity index is 152. The molecule has 0 unspecified atom stereocenters. The van der Waals surface area contributed by atoms with Crippen LogP contribution < -0.4 is 0 Å². The van der Waals surface area contributed by atoms with Crippen LogP contribution in [0.25, 0.3) is 0 Å². The molecule has 2 fully saturated rings. The molecule has 0 aliphatic heterocycles. The highest BCUT2D eigenvalue weighted by atomic mass is 16.3. The molecular formula is C10H18O. The standard InChI is InChI=1S/C10H18O/c1-2-9-5-3-7-10(9,11)8-4-6-9/h11H,2-8H2,1H3. The molecule has 2 rings (SSSR count). The van der Waals surface area contributed by atoms with Crippen molar-refractivity contribution in [1.82, 2.24) is 0 Å². The maximum atomic E-state index is 10.3. The fourth-order valence-electron chi connectivity index (χ4n) is 3.37. The molecule has 0 saturated heterocycles. The van der Waals surface area contributed by atoms with Gasteiger partial charge in [-0.1, -0.05) is 6.92 Å².